The maximum Gasteiger partial charge on any atom is 0.258 e. The molecule has 3 atom stereocenters. The molecule has 0 aliphatic heterocycles. The van der Waals surface area contributed by atoms with Crippen LogP contribution in [0, 0.1) is 11.8 Å². The number of carbonyl (C=O) groups is 1. The van der Waals surface area contributed by atoms with E-state index in [4.69, 9.17) is 16.3 Å². The van der Waals surface area contributed by atoms with Crippen molar-refractivity contribution in [1.29, 1.82) is 0 Å². The van der Waals surface area contributed by atoms with Crippen molar-refractivity contribution < 1.29 is 9.53 Å². The van der Waals surface area contributed by atoms with Gasteiger partial charge in [-0.1, -0.05) is 38.3 Å². The lowest BCUT2D eigenvalue weighted by molar-refractivity contribution is -0.124. The molecule has 0 radical (unpaired) electrons. The zero-order valence-corrected chi connectivity index (χ0v) is 14.8. The maximum absolute atomic E-state index is 12.3. The molecule has 1 saturated carbocycles. The molecule has 1 fully saturated rings. The van der Waals surface area contributed by atoms with Crippen LogP contribution in [0.25, 0.3) is 10.9 Å². The van der Waals surface area contributed by atoms with Gasteiger partial charge < -0.3 is 10.1 Å². The van der Waals surface area contributed by atoms with Crippen LogP contribution in [0.4, 0.5) is 0 Å². The van der Waals surface area contributed by atoms with Crippen molar-refractivity contribution in [2.45, 2.75) is 39.2 Å². The van der Waals surface area contributed by atoms with Gasteiger partial charge in [0.25, 0.3) is 5.91 Å². The van der Waals surface area contributed by atoms with Crippen molar-refractivity contribution in [2.24, 2.45) is 11.8 Å². The smallest absolute Gasteiger partial charge is 0.258 e. The molecule has 3 rings (SSSR count). The number of ether oxygens (including phenoxy) is 1. The van der Waals surface area contributed by atoms with E-state index in [1.54, 1.807) is 18.3 Å². The van der Waals surface area contributed by atoms with Crippen LogP contribution in [0.15, 0.2) is 30.5 Å². The fourth-order valence-corrected chi connectivity index (χ4v) is 3.62. The number of hydrogen-bond donors (Lipinski definition) is 1. The topological polar surface area (TPSA) is 51.2 Å². The van der Waals surface area contributed by atoms with Crippen LogP contribution in [-0.2, 0) is 4.79 Å². The largest absolute Gasteiger partial charge is 0.481 e. The number of fused-ring (bicyclic) bond motifs is 1. The average molecular weight is 347 g/mol. The van der Waals surface area contributed by atoms with Gasteiger partial charge in [-0.2, -0.15) is 0 Å². The molecule has 128 valence electrons. The Morgan fingerprint density at radius 3 is 3.00 bits per heavy atom. The van der Waals surface area contributed by atoms with E-state index in [-0.39, 0.29) is 18.6 Å². The number of amides is 1. The Morgan fingerprint density at radius 1 is 1.33 bits per heavy atom. The average Bonchev–Trinajstić information content (AvgIpc) is 2.59. The van der Waals surface area contributed by atoms with Crippen LogP contribution < -0.4 is 10.1 Å². The van der Waals surface area contributed by atoms with Gasteiger partial charge in [0.1, 0.15) is 11.3 Å². The van der Waals surface area contributed by atoms with Crippen molar-refractivity contribution >= 4 is 28.4 Å². The van der Waals surface area contributed by atoms with Crippen molar-refractivity contribution in [3.05, 3.63) is 35.5 Å². The monoisotopic (exact) mass is 346 g/mol. The summed E-state index contributed by atoms with van der Waals surface area (Å²) in [5.74, 6) is 1.64. The van der Waals surface area contributed by atoms with Gasteiger partial charge in [0, 0.05) is 17.6 Å². The van der Waals surface area contributed by atoms with Crippen LogP contribution in [-0.4, -0.2) is 23.5 Å². The van der Waals surface area contributed by atoms with Gasteiger partial charge in [0.15, 0.2) is 6.61 Å². The lowest BCUT2D eigenvalue weighted by atomic mass is 9.78. The van der Waals surface area contributed by atoms with Crippen molar-refractivity contribution in [3.8, 4) is 5.75 Å². The minimum atomic E-state index is -0.0834. The summed E-state index contributed by atoms with van der Waals surface area (Å²) in [4.78, 5) is 16.6. The first-order chi connectivity index (χ1) is 11.6. The van der Waals surface area contributed by atoms with Gasteiger partial charge in [-0.3, -0.25) is 9.78 Å². The molecular formula is C19H23ClN2O2. The molecular weight excluding hydrogens is 324 g/mol. The Balaban J connectivity index is 1.64. The van der Waals surface area contributed by atoms with E-state index in [1.165, 1.54) is 12.8 Å². The summed E-state index contributed by atoms with van der Waals surface area (Å²) in [5, 5.41) is 4.57. The molecule has 1 N–H and O–H groups in total. The Kier molecular flexibility index (Phi) is 5.24. The van der Waals surface area contributed by atoms with Gasteiger partial charge in [0.05, 0.1) is 5.02 Å². The molecule has 1 aliphatic rings. The number of benzene rings is 1. The van der Waals surface area contributed by atoms with Crippen molar-refractivity contribution in [1.82, 2.24) is 10.3 Å². The highest BCUT2D eigenvalue weighted by Gasteiger charge is 2.28. The first-order valence-electron chi connectivity index (χ1n) is 8.51. The molecule has 0 spiro atoms. The van der Waals surface area contributed by atoms with E-state index >= 15 is 0 Å². The van der Waals surface area contributed by atoms with Crippen LogP contribution in [0.3, 0.4) is 0 Å². The normalized spacial score (nSPS) is 23.9. The zero-order valence-electron chi connectivity index (χ0n) is 14.1. The van der Waals surface area contributed by atoms with Crippen molar-refractivity contribution in [2.75, 3.05) is 6.61 Å². The fourth-order valence-electron chi connectivity index (χ4n) is 3.41. The lowest BCUT2D eigenvalue weighted by Gasteiger charge is -2.34. The number of hydrogen-bond acceptors (Lipinski definition) is 3. The van der Waals surface area contributed by atoms with E-state index in [0.29, 0.717) is 28.1 Å². The second kappa shape index (κ2) is 7.39. The number of carbonyl (C=O) groups excluding carboxylic acids is 1. The van der Waals surface area contributed by atoms with E-state index in [9.17, 15) is 4.79 Å². The molecule has 1 aromatic carbocycles. The van der Waals surface area contributed by atoms with Crippen LogP contribution in [0.5, 0.6) is 5.75 Å². The Bertz CT molecular complexity index is 734. The van der Waals surface area contributed by atoms with E-state index in [0.717, 1.165) is 11.8 Å². The zero-order chi connectivity index (χ0) is 17.1. The third-order valence-electron chi connectivity index (χ3n) is 5.09. The first-order valence-corrected chi connectivity index (χ1v) is 8.89. The maximum atomic E-state index is 12.3. The number of nitrogens with one attached hydrogen (secondary N) is 1. The predicted molar refractivity (Wildman–Crippen MR) is 96.4 cm³/mol. The second-order valence-electron chi connectivity index (χ2n) is 6.68. The first kappa shape index (κ1) is 17.0. The quantitative estimate of drug-likeness (QED) is 0.902. The third kappa shape index (κ3) is 3.64. The molecule has 1 heterocycles. The minimum absolute atomic E-state index is 0.00902. The van der Waals surface area contributed by atoms with Gasteiger partial charge in [-0.25, -0.2) is 0 Å². The van der Waals surface area contributed by atoms with Gasteiger partial charge in [-0.05, 0) is 42.5 Å². The third-order valence-corrected chi connectivity index (χ3v) is 5.42. The van der Waals surface area contributed by atoms with Crippen LogP contribution in [0.1, 0.15) is 33.1 Å². The fraction of sp³-hybridized carbons (Fsp3) is 0.474. The molecule has 1 amide bonds. The number of pyridine rings is 1. The number of nitrogens with zero attached hydrogens (tertiary/aromatic N) is 1. The summed E-state index contributed by atoms with van der Waals surface area (Å²) in [6, 6.07) is 7.49. The number of rotatable bonds is 4. The van der Waals surface area contributed by atoms with Crippen molar-refractivity contribution in [3.63, 3.8) is 0 Å². The van der Waals surface area contributed by atoms with Gasteiger partial charge in [-0.15, -0.1) is 0 Å². The van der Waals surface area contributed by atoms with Crippen LogP contribution in [0.2, 0.25) is 5.02 Å². The standard InChI is InChI=1S/C19H23ClN2O2/c1-12-5-3-7-16(13(12)2)22-18(23)11-24-17-9-8-15(20)14-6-4-10-21-19(14)17/h4,6,8-10,12-13,16H,3,5,7,11H2,1-2H3,(H,22,23)/t12-,13-,16+/m1/s1. The molecule has 0 bridgehead atoms. The van der Waals surface area contributed by atoms with E-state index < -0.39 is 0 Å². The van der Waals surface area contributed by atoms with E-state index in [2.05, 4.69) is 24.1 Å². The summed E-state index contributed by atoms with van der Waals surface area (Å²) >= 11 is 6.18. The SMILES string of the molecule is C[C@@H]1[C@H](C)CCC[C@@H]1NC(=O)COc1ccc(Cl)c2cccnc12. The molecule has 1 aliphatic carbocycles. The van der Waals surface area contributed by atoms with Crippen LogP contribution >= 0.6 is 11.6 Å². The summed E-state index contributed by atoms with van der Waals surface area (Å²) in [6.45, 7) is 4.46. The number of aromatic nitrogens is 1. The molecule has 0 unspecified atom stereocenters. The molecule has 1 aromatic heterocycles. The summed E-state index contributed by atoms with van der Waals surface area (Å²) in [7, 11) is 0. The highest BCUT2D eigenvalue weighted by Crippen LogP contribution is 2.30. The summed E-state index contributed by atoms with van der Waals surface area (Å²) in [5.41, 5.74) is 0.678. The molecule has 24 heavy (non-hydrogen) atoms. The predicted octanol–water partition coefficient (Wildman–Crippen LogP) is 4.21. The molecule has 2 aromatic rings. The molecule has 0 saturated heterocycles. The minimum Gasteiger partial charge on any atom is -0.481 e. The highest BCUT2D eigenvalue weighted by molar-refractivity contribution is 6.35. The Hall–Kier alpha value is -1.81. The molecule has 4 nitrogen and oxygen atoms in total. The highest BCUT2D eigenvalue weighted by atomic mass is 35.5. The lowest BCUT2D eigenvalue weighted by Crippen LogP contribution is -2.45. The summed E-state index contributed by atoms with van der Waals surface area (Å²) < 4.78 is 5.71. The van der Waals surface area contributed by atoms with Gasteiger partial charge in [0.2, 0.25) is 0 Å². The Morgan fingerprint density at radius 2 is 2.17 bits per heavy atom. The van der Waals surface area contributed by atoms with Gasteiger partial charge >= 0.3 is 0 Å². The molecule has 5 heteroatoms. The second-order valence-corrected chi connectivity index (χ2v) is 7.08. The Labute approximate surface area is 147 Å². The van der Waals surface area contributed by atoms with E-state index in [1.807, 2.05) is 12.1 Å². The summed E-state index contributed by atoms with van der Waals surface area (Å²) in [6.07, 6.45) is 5.15. The number of halogens is 1.